The van der Waals surface area contributed by atoms with Crippen molar-refractivity contribution < 1.29 is 23.9 Å². The van der Waals surface area contributed by atoms with E-state index in [2.05, 4.69) is 4.74 Å². The Hall–Kier alpha value is -0.940. The van der Waals surface area contributed by atoms with E-state index in [4.69, 9.17) is 23.2 Å². The molecule has 0 aliphatic carbocycles. The number of halogens is 2. The van der Waals surface area contributed by atoms with Crippen LogP contribution in [0.3, 0.4) is 0 Å². The quantitative estimate of drug-likeness (QED) is 0.414. The van der Waals surface area contributed by atoms with Crippen LogP contribution in [0, 0.1) is 0 Å². The molecule has 0 bridgehead atoms. The van der Waals surface area contributed by atoms with Crippen LogP contribution in [0.15, 0.2) is 0 Å². The molecule has 0 aliphatic rings. The Morgan fingerprint density at radius 1 is 0.867 bits per heavy atom. The van der Waals surface area contributed by atoms with Gasteiger partial charge >= 0.3 is 11.9 Å². The minimum Gasteiger partial charge on any atom is -0.390 e. The maximum Gasteiger partial charge on any atom is 0.339 e. The molecule has 0 saturated carbocycles. The molecular weight excluding hydrogens is 247 g/mol. The zero-order chi connectivity index (χ0) is 12.2. The molecule has 2 unspecified atom stereocenters. The molecule has 5 nitrogen and oxygen atoms in total. The van der Waals surface area contributed by atoms with Gasteiger partial charge in [-0.25, -0.2) is 9.59 Å². The molecule has 7 heteroatoms. The first kappa shape index (κ1) is 14.1. The zero-order valence-electron chi connectivity index (χ0n) is 7.95. The van der Waals surface area contributed by atoms with Crippen LogP contribution in [0.5, 0.6) is 0 Å². The van der Waals surface area contributed by atoms with Crippen molar-refractivity contribution in [3.63, 3.8) is 0 Å². The summed E-state index contributed by atoms with van der Waals surface area (Å²) in [5.41, 5.74) is 0. The molecule has 0 aromatic rings. The highest BCUT2D eigenvalue weighted by Gasteiger charge is 2.29. The van der Waals surface area contributed by atoms with Gasteiger partial charge in [-0.15, -0.1) is 23.2 Å². The molecule has 0 aliphatic heterocycles. The van der Waals surface area contributed by atoms with Crippen LogP contribution in [-0.4, -0.2) is 34.3 Å². The number of esters is 2. The van der Waals surface area contributed by atoms with Crippen LogP contribution in [0.1, 0.15) is 13.8 Å². The SMILES string of the molecule is CC(=O)C(Cl)C(=O)OC(=O)C(Cl)C(C)=O. The molecule has 0 radical (unpaired) electrons. The Kier molecular flexibility index (Phi) is 5.46. The number of Topliss-reactive ketones (excluding diaryl/α,β-unsaturated/α-hetero) is 2. The highest BCUT2D eigenvalue weighted by atomic mass is 35.5. The molecule has 15 heavy (non-hydrogen) atoms. The fraction of sp³-hybridized carbons (Fsp3) is 0.500. The van der Waals surface area contributed by atoms with Gasteiger partial charge in [-0.05, 0) is 13.8 Å². The number of alkyl halides is 2. The standard InChI is InChI=1S/C8H8Cl2O5/c1-3(11)5(9)7(13)15-8(14)6(10)4(2)12/h5-6H,1-2H3. The minimum absolute atomic E-state index is 0.664. The number of ketones is 2. The van der Waals surface area contributed by atoms with Gasteiger partial charge in [0.1, 0.15) is 0 Å². The molecule has 0 fully saturated rings. The number of carbonyl (C=O) groups is 4. The molecule has 0 heterocycles. The fourth-order valence-corrected chi connectivity index (χ4v) is 0.624. The van der Waals surface area contributed by atoms with Crippen LogP contribution >= 0.6 is 23.2 Å². The van der Waals surface area contributed by atoms with Crippen LogP contribution in [0.4, 0.5) is 0 Å². The van der Waals surface area contributed by atoms with E-state index in [0.29, 0.717) is 0 Å². The molecule has 0 saturated heterocycles. The highest BCUT2D eigenvalue weighted by molar-refractivity contribution is 6.43. The van der Waals surface area contributed by atoms with E-state index in [0.717, 1.165) is 13.8 Å². The molecule has 2 atom stereocenters. The molecule has 0 rings (SSSR count). The number of ether oxygens (including phenoxy) is 1. The van der Waals surface area contributed by atoms with E-state index in [1.165, 1.54) is 0 Å². The van der Waals surface area contributed by atoms with Gasteiger partial charge in [-0.1, -0.05) is 0 Å². The second-order valence-electron chi connectivity index (χ2n) is 2.69. The molecule has 84 valence electrons. The van der Waals surface area contributed by atoms with Gasteiger partial charge in [0.15, 0.2) is 22.3 Å². The minimum atomic E-state index is -1.57. The summed E-state index contributed by atoms with van der Waals surface area (Å²) in [6.45, 7) is 2.12. The van der Waals surface area contributed by atoms with E-state index in [9.17, 15) is 19.2 Å². The smallest absolute Gasteiger partial charge is 0.339 e. The number of rotatable bonds is 4. The first-order valence-electron chi connectivity index (χ1n) is 3.82. The highest BCUT2D eigenvalue weighted by Crippen LogP contribution is 2.05. The molecule has 0 aromatic carbocycles. The van der Waals surface area contributed by atoms with Gasteiger partial charge < -0.3 is 4.74 Å². The molecular formula is C8H8Cl2O5. The first-order valence-corrected chi connectivity index (χ1v) is 4.69. The number of carbonyl (C=O) groups excluding carboxylic acids is 4. The first-order chi connectivity index (χ1) is 6.77. The van der Waals surface area contributed by atoms with Crippen LogP contribution in [0.25, 0.3) is 0 Å². The van der Waals surface area contributed by atoms with Gasteiger partial charge in [0.2, 0.25) is 0 Å². The Morgan fingerprint density at radius 3 is 1.33 bits per heavy atom. The van der Waals surface area contributed by atoms with Crippen LogP contribution in [0.2, 0.25) is 0 Å². The summed E-state index contributed by atoms with van der Waals surface area (Å²) < 4.78 is 4.11. The van der Waals surface area contributed by atoms with E-state index in [1.54, 1.807) is 0 Å². The van der Waals surface area contributed by atoms with Gasteiger partial charge in [0.25, 0.3) is 0 Å². The maximum atomic E-state index is 11.0. The van der Waals surface area contributed by atoms with E-state index < -0.39 is 34.3 Å². The Balaban J connectivity index is 4.37. The van der Waals surface area contributed by atoms with Crippen LogP contribution < -0.4 is 0 Å². The Morgan fingerprint density at radius 2 is 1.13 bits per heavy atom. The van der Waals surface area contributed by atoms with Crippen molar-refractivity contribution in [3.8, 4) is 0 Å². The van der Waals surface area contributed by atoms with Crippen molar-refractivity contribution >= 4 is 46.7 Å². The largest absolute Gasteiger partial charge is 0.390 e. The maximum absolute atomic E-state index is 11.0. The summed E-state index contributed by atoms with van der Waals surface area (Å²) in [6.07, 6.45) is 0. The van der Waals surface area contributed by atoms with Crippen molar-refractivity contribution in [1.82, 2.24) is 0 Å². The van der Waals surface area contributed by atoms with Crippen LogP contribution in [-0.2, 0) is 23.9 Å². The van der Waals surface area contributed by atoms with E-state index in [1.807, 2.05) is 0 Å². The van der Waals surface area contributed by atoms with Crippen molar-refractivity contribution in [1.29, 1.82) is 0 Å². The Bertz CT molecular complexity index is 282. The predicted octanol–water partition coefficient (Wildman–Crippen LogP) is 0.449. The third-order valence-corrected chi connectivity index (χ3v) is 2.30. The summed E-state index contributed by atoms with van der Waals surface area (Å²) >= 11 is 10.6. The molecule has 0 amide bonds. The van der Waals surface area contributed by atoms with Crippen molar-refractivity contribution in [2.24, 2.45) is 0 Å². The number of hydrogen-bond acceptors (Lipinski definition) is 5. The fourth-order valence-electron chi connectivity index (χ4n) is 0.535. The summed E-state index contributed by atoms with van der Waals surface area (Å²) in [7, 11) is 0. The third-order valence-electron chi connectivity index (χ3n) is 1.33. The van der Waals surface area contributed by atoms with E-state index in [-0.39, 0.29) is 0 Å². The lowest BCUT2D eigenvalue weighted by Gasteiger charge is -2.07. The predicted molar refractivity (Wildman–Crippen MR) is 51.7 cm³/mol. The topological polar surface area (TPSA) is 77.5 Å². The van der Waals surface area contributed by atoms with Gasteiger partial charge in [-0.2, -0.15) is 0 Å². The lowest BCUT2D eigenvalue weighted by molar-refractivity contribution is -0.159. The monoisotopic (exact) mass is 254 g/mol. The normalized spacial score (nSPS) is 13.9. The molecule has 0 N–H and O–H groups in total. The van der Waals surface area contributed by atoms with Gasteiger partial charge in [0, 0.05) is 0 Å². The molecule has 0 spiro atoms. The summed E-state index contributed by atoms with van der Waals surface area (Å²) in [5.74, 6) is -3.80. The van der Waals surface area contributed by atoms with Crippen molar-refractivity contribution in [3.05, 3.63) is 0 Å². The lowest BCUT2D eigenvalue weighted by Crippen LogP contribution is -2.32. The average Bonchev–Trinajstić information content (AvgIpc) is 2.14. The average molecular weight is 255 g/mol. The zero-order valence-corrected chi connectivity index (χ0v) is 9.46. The summed E-state index contributed by atoms with van der Waals surface area (Å²) in [5, 5.41) is -3.13. The van der Waals surface area contributed by atoms with Gasteiger partial charge in [0.05, 0.1) is 0 Å². The second kappa shape index (κ2) is 5.82. The van der Waals surface area contributed by atoms with Crippen molar-refractivity contribution in [2.45, 2.75) is 24.6 Å². The summed E-state index contributed by atoms with van der Waals surface area (Å²) in [4.78, 5) is 43.2. The lowest BCUT2D eigenvalue weighted by atomic mass is 10.3. The van der Waals surface area contributed by atoms with Crippen molar-refractivity contribution in [2.75, 3.05) is 0 Å². The molecule has 0 aromatic heterocycles. The summed E-state index contributed by atoms with van der Waals surface area (Å²) in [6, 6.07) is 0. The van der Waals surface area contributed by atoms with Gasteiger partial charge in [-0.3, -0.25) is 9.59 Å². The Labute approximate surface area is 95.7 Å². The van der Waals surface area contributed by atoms with E-state index >= 15 is 0 Å². The third kappa shape index (κ3) is 4.40. The number of hydrogen-bond donors (Lipinski definition) is 0. The second-order valence-corrected chi connectivity index (χ2v) is 3.56.